The Bertz CT molecular complexity index is 617. The van der Waals surface area contributed by atoms with E-state index in [1.165, 1.54) is 6.42 Å². The topological polar surface area (TPSA) is 71.2 Å². The van der Waals surface area contributed by atoms with E-state index in [-0.39, 0.29) is 0 Å². The molecule has 0 aliphatic heterocycles. The molecule has 1 aliphatic carbocycles. The first-order valence-corrected chi connectivity index (χ1v) is 8.00. The Morgan fingerprint density at radius 1 is 1.35 bits per heavy atom. The number of fused-ring (bicyclic) bond motifs is 1. The van der Waals surface area contributed by atoms with Crippen molar-refractivity contribution in [3.8, 4) is 0 Å². The lowest BCUT2D eigenvalue weighted by Gasteiger charge is -2.32. The third-order valence-electron chi connectivity index (χ3n) is 4.06. The maximum absolute atomic E-state index is 10.5. The van der Waals surface area contributed by atoms with Crippen molar-refractivity contribution in [3.05, 3.63) is 17.1 Å². The first kappa shape index (κ1) is 13.6. The number of aliphatic hydroxyl groups is 1. The van der Waals surface area contributed by atoms with Crippen molar-refractivity contribution in [2.45, 2.75) is 44.6 Å². The summed E-state index contributed by atoms with van der Waals surface area (Å²) in [6, 6.07) is 3.95. The third-order valence-corrected chi connectivity index (χ3v) is 4.99. The van der Waals surface area contributed by atoms with Crippen LogP contribution >= 0.6 is 11.3 Å². The van der Waals surface area contributed by atoms with Gasteiger partial charge in [0, 0.05) is 6.54 Å². The summed E-state index contributed by atoms with van der Waals surface area (Å²) in [5, 5.41) is 14.9. The fraction of sp³-hybridized carbons (Fsp3) is 0.533. The van der Waals surface area contributed by atoms with Crippen LogP contribution in [0.3, 0.4) is 0 Å². The van der Waals surface area contributed by atoms with Crippen LogP contribution in [0.25, 0.3) is 10.2 Å². The molecule has 0 amide bonds. The van der Waals surface area contributed by atoms with E-state index in [2.05, 4.69) is 10.3 Å². The minimum Gasteiger partial charge on any atom is -0.397 e. The molecule has 4 N–H and O–H groups in total. The molecule has 4 nitrogen and oxygen atoms in total. The highest BCUT2D eigenvalue weighted by Crippen LogP contribution is 2.32. The van der Waals surface area contributed by atoms with E-state index in [0.29, 0.717) is 6.54 Å². The van der Waals surface area contributed by atoms with Crippen molar-refractivity contribution in [3.63, 3.8) is 0 Å². The number of nitrogens with zero attached hydrogens (tertiary/aromatic N) is 1. The number of nitrogens with two attached hydrogens (primary N) is 1. The van der Waals surface area contributed by atoms with Crippen molar-refractivity contribution in [1.29, 1.82) is 0 Å². The SMILES string of the molecule is Cc1nc2cc(NCC3(O)CCCCC3)c(N)cc2s1. The number of rotatable bonds is 3. The highest BCUT2D eigenvalue weighted by molar-refractivity contribution is 7.18. The van der Waals surface area contributed by atoms with Crippen LogP contribution in [0.1, 0.15) is 37.1 Å². The molecule has 0 radical (unpaired) electrons. The van der Waals surface area contributed by atoms with E-state index in [9.17, 15) is 5.11 Å². The zero-order valence-electron chi connectivity index (χ0n) is 11.8. The standard InChI is InChI=1S/C15H21N3OS/c1-10-18-13-8-12(11(16)7-14(13)20-10)17-9-15(19)5-3-2-4-6-15/h7-8,17,19H,2-6,9,16H2,1H3. The summed E-state index contributed by atoms with van der Waals surface area (Å²) in [6.07, 6.45) is 5.19. The number of hydrogen-bond donors (Lipinski definition) is 3. The zero-order chi connectivity index (χ0) is 14.2. The zero-order valence-corrected chi connectivity index (χ0v) is 12.6. The van der Waals surface area contributed by atoms with Gasteiger partial charge in [-0.25, -0.2) is 4.98 Å². The molecule has 20 heavy (non-hydrogen) atoms. The van der Waals surface area contributed by atoms with Crippen molar-refractivity contribution in [2.75, 3.05) is 17.6 Å². The lowest BCUT2D eigenvalue weighted by Crippen LogP contribution is -2.38. The van der Waals surface area contributed by atoms with E-state index < -0.39 is 5.60 Å². The van der Waals surface area contributed by atoms with Crippen LogP contribution < -0.4 is 11.1 Å². The van der Waals surface area contributed by atoms with Crippen molar-refractivity contribution < 1.29 is 5.11 Å². The van der Waals surface area contributed by atoms with Gasteiger partial charge in [0.1, 0.15) is 0 Å². The van der Waals surface area contributed by atoms with Crippen molar-refractivity contribution in [2.24, 2.45) is 0 Å². The first-order valence-electron chi connectivity index (χ1n) is 7.19. The van der Waals surface area contributed by atoms with E-state index in [1.54, 1.807) is 11.3 Å². The van der Waals surface area contributed by atoms with Crippen molar-refractivity contribution in [1.82, 2.24) is 4.98 Å². The monoisotopic (exact) mass is 291 g/mol. The van der Waals surface area contributed by atoms with Crippen LogP contribution in [0.2, 0.25) is 0 Å². The Kier molecular flexibility index (Phi) is 3.56. The fourth-order valence-electron chi connectivity index (χ4n) is 2.90. The van der Waals surface area contributed by atoms with Gasteiger partial charge in [-0.2, -0.15) is 0 Å². The first-order chi connectivity index (χ1) is 9.56. The quantitative estimate of drug-likeness (QED) is 0.759. The number of thiazole rings is 1. The lowest BCUT2D eigenvalue weighted by atomic mass is 9.85. The Morgan fingerprint density at radius 3 is 2.85 bits per heavy atom. The molecule has 0 atom stereocenters. The predicted octanol–water partition coefficient (Wildman–Crippen LogP) is 3.29. The van der Waals surface area contributed by atoms with Crippen LogP contribution in [-0.4, -0.2) is 22.2 Å². The van der Waals surface area contributed by atoms with E-state index in [4.69, 9.17) is 5.73 Å². The number of aromatic nitrogens is 1. The summed E-state index contributed by atoms with van der Waals surface area (Å²) in [6.45, 7) is 2.56. The average molecular weight is 291 g/mol. The lowest BCUT2D eigenvalue weighted by molar-refractivity contribution is 0.0167. The molecule has 0 spiro atoms. The van der Waals surface area contributed by atoms with Gasteiger partial charge in [0.2, 0.25) is 0 Å². The molecule has 108 valence electrons. The number of hydrogen-bond acceptors (Lipinski definition) is 5. The van der Waals surface area contributed by atoms with Gasteiger partial charge >= 0.3 is 0 Å². The summed E-state index contributed by atoms with van der Waals surface area (Å²) in [4.78, 5) is 4.49. The van der Waals surface area contributed by atoms with Gasteiger partial charge < -0.3 is 16.2 Å². The number of aryl methyl sites for hydroxylation is 1. The maximum atomic E-state index is 10.5. The largest absolute Gasteiger partial charge is 0.397 e. The van der Waals surface area contributed by atoms with Gasteiger partial charge in [0.25, 0.3) is 0 Å². The van der Waals surface area contributed by atoms with Gasteiger partial charge in [-0.1, -0.05) is 19.3 Å². The molecular weight excluding hydrogens is 270 g/mol. The summed E-state index contributed by atoms with van der Waals surface area (Å²) in [7, 11) is 0. The Hall–Kier alpha value is -1.33. The van der Waals surface area contributed by atoms with Crippen LogP contribution in [-0.2, 0) is 0 Å². The van der Waals surface area contributed by atoms with E-state index in [0.717, 1.165) is 52.3 Å². The van der Waals surface area contributed by atoms with Crippen LogP contribution in [0.15, 0.2) is 12.1 Å². The van der Waals surface area contributed by atoms with Crippen molar-refractivity contribution >= 4 is 32.9 Å². The molecule has 3 rings (SSSR count). The second-order valence-corrected chi connectivity index (χ2v) is 7.01. The Labute approximate surface area is 123 Å². The average Bonchev–Trinajstić information content (AvgIpc) is 2.76. The normalized spacial score (nSPS) is 18.3. The molecule has 1 aliphatic rings. The van der Waals surface area contributed by atoms with E-state index in [1.807, 2.05) is 19.1 Å². The molecule has 1 saturated carbocycles. The maximum Gasteiger partial charge on any atom is 0.0907 e. The Morgan fingerprint density at radius 2 is 2.10 bits per heavy atom. The summed E-state index contributed by atoms with van der Waals surface area (Å²) in [5.41, 5.74) is 8.08. The fourth-order valence-corrected chi connectivity index (χ4v) is 3.76. The smallest absolute Gasteiger partial charge is 0.0907 e. The summed E-state index contributed by atoms with van der Waals surface area (Å²) in [5.74, 6) is 0. The molecule has 0 bridgehead atoms. The van der Waals surface area contributed by atoms with Gasteiger partial charge in [0.05, 0.1) is 32.2 Å². The minimum atomic E-state index is -0.586. The molecule has 1 aromatic carbocycles. The molecule has 5 heteroatoms. The third kappa shape index (κ3) is 2.74. The number of nitrogen functional groups attached to an aromatic ring is 1. The van der Waals surface area contributed by atoms with Crippen LogP contribution in [0.5, 0.6) is 0 Å². The molecule has 1 aromatic heterocycles. The van der Waals surface area contributed by atoms with Crippen LogP contribution in [0, 0.1) is 6.92 Å². The predicted molar refractivity (Wildman–Crippen MR) is 85.3 cm³/mol. The van der Waals surface area contributed by atoms with E-state index >= 15 is 0 Å². The van der Waals surface area contributed by atoms with Gasteiger partial charge in [-0.3, -0.25) is 0 Å². The minimum absolute atomic E-state index is 0.561. The number of nitrogens with one attached hydrogen (secondary N) is 1. The highest BCUT2D eigenvalue weighted by atomic mass is 32.1. The Balaban J connectivity index is 1.78. The number of benzene rings is 1. The second kappa shape index (κ2) is 5.22. The molecule has 1 heterocycles. The summed E-state index contributed by atoms with van der Waals surface area (Å²) < 4.78 is 1.11. The summed E-state index contributed by atoms with van der Waals surface area (Å²) >= 11 is 1.65. The van der Waals surface area contributed by atoms with Gasteiger partial charge in [-0.15, -0.1) is 11.3 Å². The number of anilines is 2. The molecule has 1 fully saturated rings. The van der Waals surface area contributed by atoms with Gasteiger partial charge in [-0.05, 0) is 31.9 Å². The molecule has 0 saturated heterocycles. The van der Waals surface area contributed by atoms with Gasteiger partial charge in [0.15, 0.2) is 0 Å². The molecule has 0 unspecified atom stereocenters. The molecular formula is C15H21N3OS. The highest BCUT2D eigenvalue weighted by Gasteiger charge is 2.28. The van der Waals surface area contributed by atoms with Crippen LogP contribution in [0.4, 0.5) is 11.4 Å². The second-order valence-electron chi connectivity index (χ2n) is 5.78. The molecule has 2 aromatic rings.